The summed E-state index contributed by atoms with van der Waals surface area (Å²) in [5.74, 6) is 2.13. The normalized spacial score (nSPS) is 19.5. The molecule has 232 valence electrons. The number of nitrogens with one attached hydrogen (secondary N) is 2. The number of piperazine rings is 1. The summed E-state index contributed by atoms with van der Waals surface area (Å²) >= 11 is 12.7. The maximum absolute atomic E-state index is 14.5. The molecular formula is C35H39Cl2N3O4. The molecule has 2 heterocycles. The average molecular weight is 637 g/mol. The lowest BCUT2D eigenvalue weighted by Crippen LogP contribution is -2.60. The molecule has 2 atom stereocenters. The van der Waals surface area contributed by atoms with E-state index in [1.165, 1.54) is 0 Å². The van der Waals surface area contributed by atoms with Crippen LogP contribution in [0.2, 0.25) is 10.0 Å². The van der Waals surface area contributed by atoms with E-state index >= 15 is 0 Å². The van der Waals surface area contributed by atoms with Crippen LogP contribution in [0.4, 0.5) is 0 Å². The number of fused-ring (bicyclic) bond motifs is 2. The molecule has 1 aliphatic carbocycles. The van der Waals surface area contributed by atoms with Crippen LogP contribution in [0.3, 0.4) is 0 Å². The zero-order valence-electron chi connectivity index (χ0n) is 25.4. The van der Waals surface area contributed by atoms with Gasteiger partial charge in [0.05, 0.1) is 23.2 Å². The molecule has 7 nitrogen and oxygen atoms in total. The third-order valence-electron chi connectivity index (χ3n) is 8.66. The molecule has 3 aromatic rings. The SMILES string of the molecule is COc1cccc(CN(C(=O)C2=C(c3cccc(OCCOc4c(Cl)cc(C)cc4Cl)c3)C[C@@H]3CNC[C@H]2N3)C2CC2)c1C. The van der Waals surface area contributed by atoms with Gasteiger partial charge in [-0.25, -0.2) is 0 Å². The van der Waals surface area contributed by atoms with Gasteiger partial charge < -0.3 is 29.7 Å². The van der Waals surface area contributed by atoms with Crippen molar-refractivity contribution < 1.29 is 19.0 Å². The van der Waals surface area contributed by atoms with Gasteiger partial charge in [-0.05, 0) is 91.3 Å². The Hall–Kier alpha value is -3.23. The molecule has 3 aromatic carbocycles. The molecule has 3 aliphatic rings. The third-order valence-corrected chi connectivity index (χ3v) is 9.22. The van der Waals surface area contributed by atoms with E-state index in [1.54, 1.807) is 7.11 Å². The van der Waals surface area contributed by atoms with Crippen molar-refractivity contribution in [2.24, 2.45) is 0 Å². The first-order valence-electron chi connectivity index (χ1n) is 15.3. The zero-order valence-corrected chi connectivity index (χ0v) is 26.9. The Morgan fingerprint density at radius 1 is 0.977 bits per heavy atom. The number of carbonyl (C=O) groups is 1. The molecule has 1 amide bonds. The van der Waals surface area contributed by atoms with Crippen molar-refractivity contribution in [3.63, 3.8) is 0 Å². The maximum Gasteiger partial charge on any atom is 0.252 e. The van der Waals surface area contributed by atoms with Crippen LogP contribution in [0.25, 0.3) is 5.57 Å². The Balaban J connectivity index is 1.24. The molecule has 0 unspecified atom stereocenters. The van der Waals surface area contributed by atoms with Gasteiger partial charge >= 0.3 is 0 Å². The number of aryl methyl sites for hydroxylation is 1. The minimum absolute atomic E-state index is 0.0559. The topological polar surface area (TPSA) is 72.1 Å². The van der Waals surface area contributed by atoms with Gasteiger partial charge in [-0.2, -0.15) is 0 Å². The van der Waals surface area contributed by atoms with Crippen molar-refractivity contribution in [2.75, 3.05) is 33.4 Å². The van der Waals surface area contributed by atoms with E-state index in [0.29, 0.717) is 35.6 Å². The molecule has 2 N–H and O–H groups in total. The molecule has 2 bridgehead atoms. The summed E-state index contributed by atoms with van der Waals surface area (Å²) in [7, 11) is 1.69. The van der Waals surface area contributed by atoms with Gasteiger partial charge in [-0.3, -0.25) is 4.79 Å². The van der Waals surface area contributed by atoms with E-state index in [0.717, 1.165) is 77.3 Å². The molecule has 2 aliphatic heterocycles. The molecular weight excluding hydrogens is 597 g/mol. The van der Waals surface area contributed by atoms with Crippen LogP contribution < -0.4 is 24.8 Å². The number of methoxy groups -OCH3 is 1. The van der Waals surface area contributed by atoms with Crippen molar-refractivity contribution in [1.82, 2.24) is 15.5 Å². The second-order valence-electron chi connectivity index (χ2n) is 11.9. The first-order chi connectivity index (χ1) is 21.3. The lowest BCUT2D eigenvalue weighted by Gasteiger charge is -2.41. The smallest absolute Gasteiger partial charge is 0.252 e. The fourth-order valence-corrected chi connectivity index (χ4v) is 6.99. The lowest BCUT2D eigenvalue weighted by atomic mass is 9.83. The number of ether oxygens (including phenoxy) is 3. The van der Waals surface area contributed by atoms with Crippen LogP contribution in [-0.4, -0.2) is 62.3 Å². The fourth-order valence-electron chi connectivity index (χ4n) is 6.28. The van der Waals surface area contributed by atoms with Gasteiger partial charge in [-0.15, -0.1) is 0 Å². The number of carbonyl (C=O) groups excluding carboxylic acids is 1. The van der Waals surface area contributed by atoms with Crippen LogP contribution in [0.1, 0.15) is 41.5 Å². The van der Waals surface area contributed by atoms with Gasteiger partial charge in [0.2, 0.25) is 0 Å². The van der Waals surface area contributed by atoms with Crippen molar-refractivity contribution in [3.8, 4) is 17.2 Å². The van der Waals surface area contributed by atoms with Gasteiger partial charge in [0.1, 0.15) is 24.7 Å². The highest BCUT2D eigenvalue weighted by Gasteiger charge is 2.41. The van der Waals surface area contributed by atoms with Gasteiger partial charge in [0, 0.05) is 37.3 Å². The van der Waals surface area contributed by atoms with Gasteiger partial charge in [0.15, 0.2) is 5.75 Å². The molecule has 2 fully saturated rings. The minimum Gasteiger partial charge on any atom is -0.496 e. The lowest BCUT2D eigenvalue weighted by molar-refractivity contribution is -0.128. The highest BCUT2D eigenvalue weighted by molar-refractivity contribution is 6.37. The van der Waals surface area contributed by atoms with E-state index < -0.39 is 0 Å². The van der Waals surface area contributed by atoms with E-state index in [2.05, 4.69) is 34.6 Å². The summed E-state index contributed by atoms with van der Waals surface area (Å²) in [4.78, 5) is 16.6. The molecule has 9 heteroatoms. The first-order valence-corrected chi connectivity index (χ1v) is 16.0. The Morgan fingerprint density at radius 3 is 2.48 bits per heavy atom. The van der Waals surface area contributed by atoms with Crippen molar-refractivity contribution >= 4 is 34.7 Å². The van der Waals surface area contributed by atoms with Crippen LogP contribution in [0.5, 0.6) is 17.2 Å². The number of benzene rings is 3. The van der Waals surface area contributed by atoms with Crippen LogP contribution in [0, 0.1) is 13.8 Å². The molecule has 1 saturated heterocycles. The van der Waals surface area contributed by atoms with Crippen molar-refractivity contribution in [3.05, 3.63) is 92.5 Å². The molecule has 0 aromatic heterocycles. The molecule has 44 heavy (non-hydrogen) atoms. The van der Waals surface area contributed by atoms with Crippen molar-refractivity contribution in [2.45, 2.75) is 57.8 Å². The number of rotatable bonds is 11. The van der Waals surface area contributed by atoms with Crippen LogP contribution in [0.15, 0.2) is 60.2 Å². The highest BCUT2D eigenvalue weighted by Crippen LogP contribution is 2.38. The van der Waals surface area contributed by atoms with Crippen LogP contribution >= 0.6 is 23.2 Å². The van der Waals surface area contributed by atoms with E-state index in [4.69, 9.17) is 37.4 Å². The van der Waals surface area contributed by atoms with Gasteiger partial charge in [-0.1, -0.05) is 47.5 Å². The van der Waals surface area contributed by atoms with Crippen LogP contribution in [-0.2, 0) is 11.3 Å². The Bertz CT molecular complexity index is 1550. The third kappa shape index (κ3) is 6.71. The number of hydrogen-bond acceptors (Lipinski definition) is 6. The van der Waals surface area contributed by atoms with E-state index in [1.807, 2.05) is 49.4 Å². The standard InChI is InChI=1S/C35H39Cl2N3O4/c1-21-14-29(36)34(30(37)15-21)44-13-12-43-27-8-4-6-23(16-27)28-17-25-18-38-19-31(39-25)33(28)35(41)40(26-10-11-26)20-24-7-5-9-32(42-3)22(24)2/h4-9,14-16,25-26,31,38-39H,10-13,17-20H2,1-3H3/t25-,31-/m1/s1. The molecule has 0 radical (unpaired) electrons. The predicted octanol–water partition coefficient (Wildman–Crippen LogP) is 6.36. The second kappa shape index (κ2) is 13.4. The Labute approximate surface area is 269 Å². The number of halogens is 2. The summed E-state index contributed by atoms with van der Waals surface area (Å²) in [6.45, 7) is 6.75. The summed E-state index contributed by atoms with van der Waals surface area (Å²) < 4.78 is 17.5. The minimum atomic E-state index is -0.0559. The predicted molar refractivity (Wildman–Crippen MR) is 175 cm³/mol. The Morgan fingerprint density at radius 2 is 1.73 bits per heavy atom. The summed E-state index contributed by atoms with van der Waals surface area (Å²) in [5, 5.41) is 8.21. The van der Waals surface area contributed by atoms with Gasteiger partial charge in [0.25, 0.3) is 5.91 Å². The molecule has 6 rings (SSSR count). The average Bonchev–Trinajstić information content (AvgIpc) is 3.85. The van der Waals surface area contributed by atoms with E-state index in [-0.39, 0.29) is 24.0 Å². The van der Waals surface area contributed by atoms with Crippen molar-refractivity contribution in [1.29, 1.82) is 0 Å². The first kappa shape index (κ1) is 30.8. The largest absolute Gasteiger partial charge is 0.496 e. The summed E-state index contributed by atoms with van der Waals surface area (Å²) in [6, 6.07) is 18.2. The fraction of sp³-hybridized carbons (Fsp3) is 0.400. The highest BCUT2D eigenvalue weighted by atomic mass is 35.5. The monoisotopic (exact) mass is 635 g/mol. The summed E-state index contributed by atoms with van der Waals surface area (Å²) in [5.41, 5.74) is 6.12. The number of hydrogen-bond donors (Lipinski definition) is 2. The quantitative estimate of drug-likeness (QED) is 0.239. The molecule has 0 spiro atoms. The number of nitrogens with zero attached hydrogens (tertiary/aromatic N) is 1. The maximum atomic E-state index is 14.5. The zero-order chi connectivity index (χ0) is 30.8. The Kier molecular flexibility index (Phi) is 9.38. The summed E-state index contributed by atoms with van der Waals surface area (Å²) in [6.07, 6.45) is 2.82. The second-order valence-corrected chi connectivity index (χ2v) is 12.7. The molecule has 1 saturated carbocycles. The number of amides is 1. The van der Waals surface area contributed by atoms with E-state index in [9.17, 15) is 4.79 Å².